The number of thiol groups is 1. The first-order chi connectivity index (χ1) is 7.34. The Morgan fingerprint density at radius 3 is 2.00 bits per heavy atom. The van der Waals surface area contributed by atoms with Crippen LogP contribution in [0.4, 0.5) is 0 Å². The summed E-state index contributed by atoms with van der Waals surface area (Å²) in [4.78, 5) is 0. The molecule has 1 fully saturated rings. The molecule has 1 unspecified atom stereocenters. The van der Waals surface area contributed by atoms with Crippen molar-refractivity contribution >= 4 is 18.3 Å². The zero-order chi connectivity index (χ0) is 10.9. The van der Waals surface area contributed by atoms with Gasteiger partial charge in [0, 0.05) is 5.25 Å². The van der Waals surface area contributed by atoms with Crippen LogP contribution in [0.25, 0.3) is 0 Å². The highest BCUT2D eigenvalue weighted by atomic mass is 32.1. The van der Waals surface area contributed by atoms with Crippen molar-refractivity contribution < 1.29 is 5.21 Å². The lowest BCUT2D eigenvalue weighted by atomic mass is 10.00. The van der Waals surface area contributed by atoms with Gasteiger partial charge in [0.25, 0.3) is 0 Å². The Hall–Kier alpha value is -0.180. The molecular weight excluding hydrogens is 218 g/mol. The van der Waals surface area contributed by atoms with E-state index in [9.17, 15) is 0 Å². The Morgan fingerprint density at radius 1 is 0.938 bits per heavy atom. The fourth-order valence-electron chi connectivity index (χ4n) is 2.15. The minimum Gasteiger partial charge on any atom is -0.411 e. The van der Waals surface area contributed by atoms with Crippen LogP contribution >= 0.6 is 12.6 Å². The van der Waals surface area contributed by atoms with E-state index in [1.165, 1.54) is 44.9 Å². The van der Waals surface area contributed by atoms with Crippen LogP contribution in [-0.4, -0.2) is 16.2 Å². The third-order valence-corrected chi connectivity index (χ3v) is 3.73. The first-order valence-electron chi connectivity index (χ1n) is 6.23. The lowest BCUT2D eigenvalue weighted by molar-refractivity contribution is 0.315. The molecule has 0 aromatic heterocycles. The van der Waals surface area contributed by atoms with Crippen molar-refractivity contribution in [1.29, 1.82) is 0 Å². The predicted octanol–water partition coefficient (Wildman–Crippen LogP) is 4.67. The van der Waals surface area contributed by atoms with E-state index in [2.05, 4.69) is 17.8 Å². The third-order valence-electron chi connectivity index (χ3n) is 3.17. The molecule has 0 heterocycles. The van der Waals surface area contributed by atoms with Gasteiger partial charge in [-0.2, -0.15) is 12.6 Å². The van der Waals surface area contributed by atoms with Gasteiger partial charge in [-0.3, -0.25) is 0 Å². The molecule has 16 heavy (non-hydrogen) atoms. The van der Waals surface area contributed by atoms with E-state index >= 15 is 0 Å². The van der Waals surface area contributed by atoms with E-state index in [0.717, 1.165) is 25.0 Å². The van der Waals surface area contributed by atoms with Gasteiger partial charge in [0.1, 0.15) is 0 Å². The zero-order valence-corrected chi connectivity index (χ0v) is 10.4. The number of oxime groups is 1. The molecule has 0 radical (unpaired) electrons. The molecule has 0 aliphatic heterocycles. The highest BCUT2D eigenvalue weighted by Crippen LogP contribution is 2.18. The molecule has 1 saturated carbocycles. The van der Waals surface area contributed by atoms with E-state index in [-0.39, 0.29) is 12.7 Å². The van der Waals surface area contributed by atoms with Crippen LogP contribution < -0.4 is 0 Å². The highest BCUT2D eigenvalue weighted by Gasteiger charge is 2.12. The standard InChI is InChI=1S/C12H23NOS.CH4/c14-13-11-9-7-5-3-1-2-4-6-8-10-12(11)15;/h12,14-15H,1-10H2;1H4. The molecule has 2 nitrogen and oxygen atoms in total. The van der Waals surface area contributed by atoms with Crippen molar-refractivity contribution in [2.45, 2.75) is 76.9 Å². The van der Waals surface area contributed by atoms with Crippen LogP contribution in [0, 0.1) is 0 Å². The lowest BCUT2D eigenvalue weighted by Gasteiger charge is -2.13. The minimum absolute atomic E-state index is 0. The smallest absolute Gasteiger partial charge is 0.0697 e. The van der Waals surface area contributed by atoms with E-state index in [0.29, 0.717) is 0 Å². The molecule has 1 rings (SSSR count). The number of rotatable bonds is 0. The number of nitrogens with zero attached hydrogens (tertiary/aromatic N) is 1. The normalized spacial score (nSPS) is 27.6. The second-order valence-electron chi connectivity index (χ2n) is 4.47. The Balaban J connectivity index is 0.00000225. The summed E-state index contributed by atoms with van der Waals surface area (Å²) in [5, 5.41) is 12.5. The van der Waals surface area contributed by atoms with E-state index in [1.807, 2.05) is 0 Å². The minimum atomic E-state index is 0. The Kier molecular flexibility index (Phi) is 9.89. The Bertz CT molecular complexity index is 194. The van der Waals surface area contributed by atoms with Crippen LogP contribution in [0.2, 0.25) is 0 Å². The van der Waals surface area contributed by atoms with Gasteiger partial charge in [-0.05, 0) is 19.3 Å². The van der Waals surface area contributed by atoms with E-state index in [4.69, 9.17) is 5.21 Å². The monoisotopic (exact) mass is 245 g/mol. The van der Waals surface area contributed by atoms with Crippen molar-refractivity contribution in [2.24, 2.45) is 5.16 Å². The molecule has 0 aromatic carbocycles. The van der Waals surface area contributed by atoms with Crippen LogP contribution in [0.3, 0.4) is 0 Å². The molecule has 1 aliphatic carbocycles. The average Bonchev–Trinajstić information content (AvgIpc) is 2.23. The van der Waals surface area contributed by atoms with Crippen molar-refractivity contribution in [3.05, 3.63) is 0 Å². The molecule has 1 aliphatic rings. The first kappa shape index (κ1) is 15.8. The molecule has 3 heteroatoms. The summed E-state index contributed by atoms with van der Waals surface area (Å²) >= 11 is 4.51. The van der Waals surface area contributed by atoms with Gasteiger partial charge in [-0.15, -0.1) is 0 Å². The summed E-state index contributed by atoms with van der Waals surface area (Å²) in [7, 11) is 0. The molecule has 0 saturated heterocycles. The SMILES string of the molecule is C.ON=C1CCCCCCCCCCC1S. The molecule has 96 valence electrons. The quantitative estimate of drug-likeness (QED) is 0.363. The van der Waals surface area contributed by atoms with Crippen LogP contribution in [0.15, 0.2) is 5.16 Å². The second kappa shape index (κ2) is 10.0. The maximum atomic E-state index is 8.91. The van der Waals surface area contributed by atoms with Crippen molar-refractivity contribution in [1.82, 2.24) is 0 Å². The Morgan fingerprint density at radius 2 is 1.44 bits per heavy atom. The fraction of sp³-hybridized carbons (Fsp3) is 0.923. The van der Waals surface area contributed by atoms with Gasteiger partial charge < -0.3 is 5.21 Å². The number of hydrogen-bond donors (Lipinski definition) is 2. The van der Waals surface area contributed by atoms with Crippen molar-refractivity contribution in [3.63, 3.8) is 0 Å². The summed E-state index contributed by atoms with van der Waals surface area (Å²) in [5.41, 5.74) is 0.888. The molecule has 0 bridgehead atoms. The Labute approximate surface area is 106 Å². The summed E-state index contributed by atoms with van der Waals surface area (Å²) in [6, 6.07) is 0. The largest absolute Gasteiger partial charge is 0.411 e. The topological polar surface area (TPSA) is 32.6 Å². The molecule has 1 atom stereocenters. The van der Waals surface area contributed by atoms with Gasteiger partial charge in [0.15, 0.2) is 0 Å². The predicted molar refractivity (Wildman–Crippen MR) is 74.9 cm³/mol. The van der Waals surface area contributed by atoms with Crippen LogP contribution in [0.1, 0.15) is 71.6 Å². The molecule has 0 spiro atoms. The van der Waals surface area contributed by atoms with Crippen molar-refractivity contribution in [3.8, 4) is 0 Å². The second-order valence-corrected chi connectivity index (χ2v) is 5.10. The van der Waals surface area contributed by atoms with Gasteiger partial charge in [-0.1, -0.05) is 57.5 Å². The van der Waals surface area contributed by atoms with Gasteiger partial charge in [-0.25, -0.2) is 0 Å². The molecule has 1 N–H and O–H groups in total. The van der Waals surface area contributed by atoms with Gasteiger partial charge >= 0.3 is 0 Å². The number of hydrogen-bond acceptors (Lipinski definition) is 3. The maximum Gasteiger partial charge on any atom is 0.0697 e. The van der Waals surface area contributed by atoms with E-state index < -0.39 is 0 Å². The van der Waals surface area contributed by atoms with Crippen molar-refractivity contribution in [2.75, 3.05) is 0 Å². The van der Waals surface area contributed by atoms with Crippen LogP contribution in [0.5, 0.6) is 0 Å². The third kappa shape index (κ3) is 6.41. The molecule has 0 aromatic rings. The first-order valence-corrected chi connectivity index (χ1v) is 6.75. The molecular formula is C13H27NOS. The van der Waals surface area contributed by atoms with E-state index in [1.54, 1.807) is 0 Å². The zero-order valence-electron chi connectivity index (χ0n) is 9.49. The highest BCUT2D eigenvalue weighted by molar-refractivity contribution is 7.81. The van der Waals surface area contributed by atoms with Crippen LogP contribution in [-0.2, 0) is 0 Å². The summed E-state index contributed by atoms with van der Waals surface area (Å²) in [6.07, 6.45) is 12.3. The summed E-state index contributed by atoms with van der Waals surface area (Å²) < 4.78 is 0. The van der Waals surface area contributed by atoms with Gasteiger partial charge in [0.05, 0.1) is 5.71 Å². The van der Waals surface area contributed by atoms with Gasteiger partial charge in [0.2, 0.25) is 0 Å². The summed E-state index contributed by atoms with van der Waals surface area (Å²) in [5.74, 6) is 0. The lowest BCUT2D eigenvalue weighted by Crippen LogP contribution is -2.15. The fourth-order valence-corrected chi connectivity index (χ4v) is 2.52. The average molecular weight is 245 g/mol. The summed E-state index contributed by atoms with van der Waals surface area (Å²) in [6.45, 7) is 0. The maximum absolute atomic E-state index is 8.91. The molecule has 0 amide bonds.